The van der Waals surface area contributed by atoms with Crippen molar-refractivity contribution < 1.29 is 44.3 Å². The molecule has 1 aliphatic heterocycles. The summed E-state index contributed by atoms with van der Waals surface area (Å²) in [4.78, 5) is 12.7. The highest BCUT2D eigenvalue weighted by molar-refractivity contribution is 7.92. The van der Waals surface area contributed by atoms with Gasteiger partial charge in [0.05, 0.1) is 15.7 Å². The highest BCUT2D eigenvalue weighted by atomic mass is 32.2. The summed E-state index contributed by atoms with van der Waals surface area (Å²) in [5, 5.41) is -1.23. The standard InChI is InChI=1S/C18H19F6NO4S/c1-16(5-6-16)15(26)25-7-4-12(9-25)30(27,28)14-3-2-11(29-10-17(19,20)21)8-13(14)18(22,23)24/h2-3,8,12H,4-7,9-10H2,1H3. The lowest BCUT2D eigenvalue weighted by Gasteiger charge is -2.21. The summed E-state index contributed by atoms with van der Waals surface area (Å²) in [7, 11) is -4.50. The van der Waals surface area contributed by atoms with Crippen LogP contribution < -0.4 is 4.74 Å². The SMILES string of the molecule is CC1(C(=O)N2CCC(S(=O)(=O)c3ccc(OCC(F)(F)F)cc3C(F)(F)F)C2)CC1. The molecule has 1 saturated heterocycles. The number of amides is 1. The third-order valence-electron chi connectivity index (χ3n) is 5.35. The lowest BCUT2D eigenvalue weighted by Crippen LogP contribution is -2.36. The van der Waals surface area contributed by atoms with E-state index in [-0.39, 0.29) is 31.5 Å². The van der Waals surface area contributed by atoms with Gasteiger partial charge < -0.3 is 9.64 Å². The molecular formula is C18H19F6NO4S. The minimum atomic E-state index is -5.13. The summed E-state index contributed by atoms with van der Waals surface area (Å²) >= 11 is 0. The number of benzene rings is 1. The Labute approximate surface area is 168 Å². The van der Waals surface area contributed by atoms with Crippen LogP contribution in [0.15, 0.2) is 23.1 Å². The van der Waals surface area contributed by atoms with Gasteiger partial charge in [0, 0.05) is 18.5 Å². The minimum Gasteiger partial charge on any atom is -0.484 e. The minimum absolute atomic E-state index is 0.0201. The van der Waals surface area contributed by atoms with E-state index >= 15 is 0 Å². The number of hydrogen-bond donors (Lipinski definition) is 0. The normalized spacial score (nSPS) is 21.6. The number of nitrogens with zero attached hydrogens (tertiary/aromatic N) is 1. The summed E-state index contributed by atoms with van der Waals surface area (Å²) < 4.78 is 107. The third-order valence-corrected chi connectivity index (χ3v) is 7.58. The van der Waals surface area contributed by atoms with Crippen molar-refractivity contribution in [1.29, 1.82) is 0 Å². The number of hydrogen-bond acceptors (Lipinski definition) is 4. The number of alkyl halides is 6. The van der Waals surface area contributed by atoms with Gasteiger partial charge in [-0.15, -0.1) is 0 Å². The predicted octanol–water partition coefficient (Wildman–Crippen LogP) is 3.82. The Kier molecular flexibility index (Phi) is 5.53. The monoisotopic (exact) mass is 459 g/mol. The molecule has 0 spiro atoms. The van der Waals surface area contributed by atoms with Gasteiger partial charge in [-0.05, 0) is 37.5 Å². The van der Waals surface area contributed by atoms with E-state index in [0.29, 0.717) is 18.9 Å². The first-order valence-corrected chi connectivity index (χ1v) is 10.6. The molecule has 1 aliphatic carbocycles. The maximum atomic E-state index is 13.5. The van der Waals surface area contributed by atoms with Crippen LogP contribution in [0, 0.1) is 5.41 Å². The van der Waals surface area contributed by atoms with Gasteiger partial charge >= 0.3 is 12.4 Å². The van der Waals surface area contributed by atoms with E-state index < -0.39 is 55.7 Å². The van der Waals surface area contributed by atoms with Crippen LogP contribution in [-0.2, 0) is 20.8 Å². The fourth-order valence-corrected chi connectivity index (χ4v) is 5.25. The lowest BCUT2D eigenvalue weighted by atomic mass is 10.1. The molecule has 0 aromatic heterocycles. The molecule has 0 bridgehead atoms. The van der Waals surface area contributed by atoms with E-state index in [4.69, 9.17) is 0 Å². The first kappa shape index (κ1) is 22.7. The molecule has 0 N–H and O–H groups in total. The highest BCUT2D eigenvalue weighted by Gasteiger charge is 2.50. The van der Waals surface area contributed by atoms with Gasteiger partial charge in [-0.2, -0.15) is 26.3 Å². The molecule has 12 heteroatoms. The van der Waals surface area contributed by atoms with E-state index in [1.165, 1.54) is 4.90 Å². The van der Waals surface area contributed by atoms with Crippen LogP contribution in [0.4, 0.5) is 26.3 Å². The zero-order chi connectivity index (χ0) is 22.5. The van der Waals surface area contributed by atoms with Gasteiger partial charge in [0.1, 0.15) is 5.75 Å². The Morgan fingerprint density at radius 3 is 2.37 bits per heavy atom. The van der Waals surface area contributed by atoms with Crippen LogP contribution >= 0.6 is 0 Å². The van der Waals surface area contributed by atoms with Crippen molar-refractivity contribution in [3.05, 3.63) is 23.8 Å². The zero-order valence-electron chi connectivity index (χ0n) is 15.8. The molecule has 1 atom stereocenters. The number of carbonyl (C=O) groups is 1. The van der Waals surface area contributed by atoms with Crippen LogP contribution in [0.5, 0.6) is 5.75 Å². The Morgan fingerprint density at radius 1 is 1.20 bits per heavy atom. The Bertz CT molecular complexity index is 937. The highest BCUT2D eigenvalue weighted by Crippen LogP contribution is 2.47. The smallest absolute Gasteiger partial charge is 0.422 e. The largest absolute Gasteiger partial charge is 0.484 e. The first-order chi connectivity index (χ1) is 13.6. The predicted molar refractivity (Wildman–Crippen MR) is 92.5 cm³/mol. The van der Waals surface area contributed by atoms with Crippen molar-refractivity contribution in [2.75, 3.05) is 19.7 Å². The molecule has 30 heavy (non-hydrogen) atoms. The van der Waals surface area contributed by atoms with E-state index in [1.54, 1.807) is 6.92 Å². The van der Waals surface area contributed by atoms with Gasteiger partial charge in [-0.1, -0.05) is 6.92 Å². The van der Waals surface area contributed by atoms with Gasteiger partial charge in [-0.3, -0.25) is 4.79 Å². The topological polar surface area (TPSA) is 63.7 Å². The number of sulfone groups is 1. The van der Waals surface area contributed by atoms with Gasteiger partial charge in [0.2, 0.25) is 5.91 Å². The average Bonchev–Trinajstić information content (AvgIpc) is 3.18. The Morgan fingerprint density at radius 2 is 1.83 bits per heavy atom. The van der Waals surface area contributed by atoms with E-state index in [2.05, 4.69) is 4.74 Å². The fraction of sp³-hybridized carbons (Fsp3) is 0.611. The summed E-state index contributed by atoms with van der Waals surface area (Å²) in [6.07, 6.45) is -8.56. The molecule has 1 aromatic carbocycles. The van der Waals surface area contributed by atoms with Crippen LogP contribution in [-0.4, -0.2) is 50.3 Å². The van der Waals surface area contributed by atoms with E-state index in [0.717, 1.165) is 6.07 Å². The Balaban J connectivity index is 1.87. The maximum absolute atomic E-state index is 13.5. The van der Waals surface area contributed by atoms with Crippen molar-refractivity contribution in [1.82, 2.24) is 4.90 Å². The molecular weight excluding hydrogens is 440 g/mol. The average molecular weight is 459 g/mol. The quantitative estimate of drug-likeness (QED) is 0.628. The third kappa shape index (κ3) is 4.68. The number of rotatable bonds is 5. The zero-order valence-corrected chi connectivity index (χ0v) is 16.6. The summed E-state index contributed by atoms with van der Waals surface area (Å²) in [6.45, 7) is -0.166. The molecule has 1 aromatic rings. The fourth-order valence-electron chi connectivity index (χ4n) is 3.36. The van der Waals surface area contributed by atoms with E-state index in [9.17, 15) is 39.6 Å². The summed E-state index contributed by atoms with van der Waals surface area (Å²) in [5.74, 6) is -0.962. The van der Waals surface area contributed by atoms with Gasteiger partial charge in [-0.25, -0.2) is 8.42 Å². The number of ether oxygens (including phenoxy) is 1. The van der Waals surface area contributed by atoms with Gasteiger partial charge in [0.25, 0.3) is 0 Å². The molecule has 1 heterocycles. The molecule has 5 nitrogen and oxygen atoms in total. The molecule has 1 unspecified atom stereocenters. The molecule has 1 amide bonds. The summed E-state index contributed by atoms with van der Waals surface area (Å²) in [6, 6.07) is 1.62. The van der Waals surface area contributed by atoms with Gasteiger partial charge in [0.15, 0.2) is 16.4 Å². The maximum Gasteiger partial charge on any atom is 0.422 e. The molecule has 3 rings (SSSR count). The van der Waals surface area contributed by atoms with Crippen molar-refractivity contribution in [3.8, 4) is 5.75 Å². The molecule has 168 valence electrons. The van der Waals surface area contributed by atoms with Crippen LogP contribution in [0.3, 0.4) is 0 Å². The summed E-state index contributed by atoms with van der Waals surface area (Å²) in [5.41, 5.74) is -2.13. The number of carbonyl (C=O) groups excluding carboxylic acids is 1. The molecule has 2 aliphatic rings. The first-order valence-electron chi connectivity index (χ1n) is 9.08. The molecule has 1 saturated carbocycles. The number of likely N-dealkylation sites (tertiary alicyclic amines) is 1. The molecule has 2 fully saturated rings. The van der Waals surface area contributed by atoms with Crippen LogP contribution in [0.1, 0.15) is 31.7 Å². The second-order valence-electron chi connectivity index (χ2n) is 7.83. The van der Waals surface area contributed by atoms with Crippen LogP contribution in [0.2, 0.25) is 0 Å². The second-order valence-corrected chi connectivity index (χ2v) is 10.0. The van der Waals surface area contributed by atoms with E-state index in [1.807, 2.05) is 0 Å². The van der Waals surface area contributed by atoms with Crippen molar-refractivity contribution in [2.24, 2.45) is 5.41 Å². The van der Waals surface area contributed by atoms with Crippen molar-refractivity contribution >= 4 is 15.7 Å². The lowest BCUT2D eigenvalue weighted by molar-refractivity contribution is -0.153. The number of halogens is 6. The Hall–Kier alpha value is -1.98. The molecule has 0 radical (unpaired) electrons. The second kappa shape index (κ2) is 7.31. The van der Waals surface area contributed by atoms with Crippen molar-refractivity contribution in [3.63, 3.8) is 0 Å². The van der Waals surface area contributed by atoms with Crippen molar-refractivity contribution in [2.45, 2.75) is 48.7 Å². The van der Waals surface area contributed by atoms with Crippen LogP contribution in [0.25, 0.3) is 0 Å².